The number of ether oxygens (including phenoxy) is 1. The SMILES string of the molecule is CCC=CCC(=CCCCCC(=O)OC)[N+](=O)[O-]. The molecule has 102 valence electrons. The molecule has 5 heteroatoms. The lowest BCUT2D eigenvalue weighted by Crippen LogP contribution is -1.99. The van der Waals surface area contributed by atoms with E-state index in [1.165, 1.54) is 7.11 Å². The number of carbonyl (C=O) groups excluding carboxylic acids is 1. The van der Waals surface area contributed by atoms with Gasteiger partial charge in [-0.05, 0) is 31.8 Å². The molecule has 0 aliphatic rings. The zero-order valence-corrected chi connectivity index (χ0v) is 11.1. The number of carbonyl (C=O) groups is 1. The van der Waals surface area contributed by atoms with E-state index in [2.05, 4.69) is 4.74 Å². The largest absolute Gasteiger partial charge is 0.469 e. The first kappa shape index (κ1) is 16.4. The van der Waals surface area contributed by atoms with Gasteiger partial charge in [-0.3, -0.25) is 14.9 Å². The van der Waals surface area contributed by atoms with Crippen LogP contribution in [-0.4, -0.2) is 18.0 Å². The number of allylic oxidation sites excluding steroid dienone is 3. The van der Waals surface area contributed by atoms with Gasteiger partial charge in [0.15, 0.2) is 0 Å². The van der Waals surface area contributed by atoms with Crippen LogP contribution in [0.3, 0.4) is 0 Å². The van der Waals surface area contributed by atoms with E-state index < -0.39 is 0 Å². The summed E-state index contributed by atoms with van der Waals surface area (Å²) in [6.07, 6.45) is 9.03. The molecule has 0 fully saturated rings. The summed E-state index contributed by atoms with van der Waals surface area (Å²) in [5, 5.41) is 10.7. The number of methoxy groups -OCH3 is 1. The predicted octanol–water partition coefficient (Wildman–Crippen LogP) is 3.24. The maximum Gasteiger partial charge on any atom is 0.305 e. The van der Waals surface area contributed by atoms with Crippen LogP contribution in [0.4, 0.5) is 0 Å². The minimum absolute atomic E-state index is 0.220. The molecule has 0 N–H and O–H groups in total. The first-order chi connectivity index (χ1) is 8.61. The smallest absolute Gasteiger partial charge is 0.305 e. The van der Waals surface area contributed by atoms with E-state index in [-0.39, 0.29) is 16.6 Å². The van der Waals surface area contributed by atoms with Crippen LogP contribution in [0, 0.1) is 10.1 Å². The number of rotatable bonds is 9. The maximum atomic E-state index is 10.8. The minimum Gasteiger partial charge on any atom is -0.469 e. The van der Waals surface area contributed by atoms with Gasteiger partial charge in [0.1, 0.15) is 0 Å². The number of esters is 1. The molecule has 0 heterocycles. The van der Waals surface area contributed by atoms with Crippen LogP contribution in [0.1, 0.15) is 45.4 Å². The highest BCUT2D eigenvalue weighted by atomic mass is 16.6. The summed E-state index contributed by atoms with van der Waals surface area (Å²) in [7, 11) is 1.35. The second-order valence-electron chi connectivity index (χ2n) is 3.86. The fourth-order valence-corrected chi connectivity index (χ4v) is 1.39. The Morgan fingerprint density at radius 2 is 2.06 bits per heavy atom. The van der Waals surface area contributed by atoms with Crippen LogP contribution < -0.4 is 0 Å². The lowest BCUT2D eigenvalue weighted by molar-refractivity contribution is -0.427. The molecule has 0 atom stereocenters. The van der Waals surface area contributed by atoms with Crippen molar-refractivity contribution >= 4 is 5.97 Å². The molecule has 0 rings (SSSR count). The molecule has 0 aromatic heterocycles. The van der Waals surface area contributed by atoms with E-state index in [1.807, 2.05) is 19.1 Å². The van der Waals surface area contributed by atoms with Crippen molar-refractivity contribution in [1.82, 2.24) is 0 Å². The molecule has 0 aromatic carbocycles. The van der Waals surface area contributed by atoms with E-state index in [0.717, 1.165) is 12.8 Å². The van der Waals surface area contributed by atoms with Gasteiger partial charge in [0, 0.05) is 6.42 Å². The van der Waals surface area contributed by atoms with Crippen LogP contribution in [-0.2, 0) is 9.53 Å². The van der Waals surface area contributed by atoms with Crippen LogP contribution in [0.15, 0.2) is 23.9 Å². The van der Waals surface area contributed by atoms with E-state index in [1.54, 1.807) is 6.08 Å². The Morgan fingerprint density at radius 3 is 2.61 bits per heavy atom. The molecule has 5 nitrogen and oxygen atoms in total. The van der Waals surface area contributed by atoms with Gasteiger partial charge in [0.05, 0.1) is 18.5 Å². The summed E-state index contributed by atoms with van der Waals surface area (Å²) >= 11 is 0. The highest BCUT2D eigenvalue weighted by molar-refractivity contribution is 5.68. The zero-order chi connectivity index (χ0) is 13.8. The van der Waals surface area contributed by atoms with Gasteiger partial charge in [0.25, 0.3) is 0 Å². The summed E-state index contributed by atoms with van der Waals surface area (Å²) in [6.45, 7) is 1.98. The van der Waals surface area contributed by atoms with Crippen molar-refractivity contribution in [2.24, 2.45) is 0 Å². The monoisotopic (exact) mass is 255 g/mol. The Bertz CT molecular complexity index is 321. The van der Waals surface area contributed by atoms with Crippen molar-refractivity contribution < 1.29 is 14.5 Å². The molecule has 0 radical (unpaired) electrons. The maximum absolute atomic E-state index is 10.8. The number of nitrogens with zero attached hydrogens (tertiary/aromatic N) is 1. The molecule has 0 aromatic rings. The van der Waals surface area contributed by atoms with Gasteiger partial charge in [0.2, 0.25) is 5.70 Å². The zero-order valence-electron chi connectivity index (χ0n) is 11.1. The van der Waals surface area contributed by atoms with Gasteiger partial charge in [-0.2, -0.15) is 0 Å². The van der Waals surface area contributed by atoms with Crippen LogP contribution >= 0.6 is 0 Å². The van der Waals surface area contributed by atoms with Crippen molar-refractivity contribution in [3.8, 4) is 0 Å². The fraction of sp³-hybridized carbons (Fsp3) is 0.615. The number of hydrogen-bond acceptors (Lipinski definition) is 4. The number of hydrogen-bond donors (Lipinski definition) is 0. The third kappa shape index (κ3) is 8.50. The first-order valence-corrected chi connectivity index (χ1v) is 6.17. The topological polar surface area (TPSA) is 69.4 Å². The fourth-order valence-electron chi connectivity index (χ4n) is 1.39. The highest BCUT2D eigenvalue weighted by Crippen LogP contribution is 2.09. The van der Waals surface area contributed by atoms with Crippen LogP contribution in [0.2, 0.25) is 0 Å². The van der Waals surface area contributed by atoms with Gasteiger partial charge in [-0.1, -0.05) is 19.1 Å². The highest BCUT2D eigenvalue weighted by Gasteiger charge is 2.07. The molecule has 0 unspecified atom stereocenters. The van der Waals surface area contributed by atoms with Gasteiger partial charge in [-0.15, -0.1) is 0 Å². The summed E-state index contributed by atoms with van der Waals surface area (Å²) in [4.78, 5) is 21.2. The van der Waals surface area contributed by atoms with E-state index >= 15 is 0 Å². The summed E-state index contributed by atoms with van der Waals surface area (Å²) in [5.74, 6) is -0.237. The lowest BCUT2D eigenvalue weighted by atomic mass is 10.1. The van der Waals surface area contributed by atoms with Crippen molar-refractivity contribution in [2.75, 3.05) is 7.11 Å². The lowest BCUT2D eigenvalue weighted by Gasteiger charge is -1.98. The molecule has 0 bridgehead atoms. The van der Waals surface area contributed by atoms with E-state index in [4.69, 9.17) is 0 Å². The average molecular weight is 255 g/mol. The van der Waals surface area contributed by atoms with E-state index in [0.29, 0.717) is 25.7 Å². The summed E-state index contributed by atoms with van der Waals surface area (Å²) < 4.78 is 4.51. The van der Waals surface area contributed by atoms with Crippen molar-refractivity contribution in [2.45, 2.75) is 45.4 Å². The number of unbranched alkanes of at least 4 members (excludes halogenated alkanes) is 2. The Kier molecular flexibility index (Phi) is 9.54. The molecular weight excluding hydrogens is 234 g/mol. The first-order valence-electron chi connectivity index (χ1n) is 6.17. The Balaban J connectivity index is 3.98. The van der Waals surface area contributed by atoms with Crippen molar-refractivity contribution in [3.63, 3.8) is 0 Å². The molecule has 0 amide bonds. The molecule has 0 saturated carbocycles. The third-order valence-electron chi connectivity index (χ3n) is 2.41. The summed E-state index contributed by atoms with van der Waals surface area (Å²) in [6, 6.07) is 0. The average Bonchev–Trinajstić information content (AvgIpc) is 2.35. The second kappa shape index (κ2) is 10.5. The molecule has 0 saturated heterocycles. The van der Waals surface area contributed by atoms with Gasteiger partial charge in [-0.25, -0.2) is 0 Å². The van der Waals surface area contributed by atoms with Gasteiger partial charge >= 0.3 is 5.97 Å². The second-order valence-corrected chi connectivity index (χ2v) is 3.86. The molecular formula is C13H21NO4. The Labute approximate surface area is 108 Å². The normalized spacial score (nSPS) is 11.8. The minimum atomic E-state index is -0.347. The Hall–Kier alpha value is -1.65. The molecule has 18 heavy (non-hydrogen) atoms. The van der Waals surface area contributed by atoms with Crippen molar-refractivity contribution in [1.29, 1.82) is 0 Å². The number of nitro groups is 1. The van der Waals surface area contributed by atoms with Crippen LogP contribution in [0.5, 0.6) is 0 Å². The van der Waals surface area contributed by atoms with E-state index in [9.17, 15) is 14.9 Å². The Morgan fingerprint density at radius 1 is 1.33 bits per heavy atom. The van der Waals surface area contributed by atoms with Crippen LogP contribution in [0.25, 0.3) is 0 Å². The summed E-state index contributed by atoms with van der Waals surface area (Å²) in [5.41, 5.74) is 0.220. The molecule has 0 aliphatic heterocycles. The third-order valence-corrected chi connectivity index (χ3v) is 2.41. The molecule has 0 aliphatic carbocycles. The van der Waals surface area contributed by atoms with Crippen molar-refractivity contribution in [3.05, 3.63) is 34.0 Å². The quantitative estimate of drug-likeness (QED) is 0.208. The van der Waals surface area contributed by atoms with Gasteiger partial charge < -0.3 is 4.74 Å². The standard InChI is InChI=1S/C13H21NO4/c1-3-4-6-9-12(14(16)17)10-7-5-8-11-13(15)18-2/h4,6,10H,3,5,7-9,11H2,1-2H3. The molecule has 0 spiro atoms. The predicted molar refractivity (Wildman–Crippen MR) is 69.6 cm³/mol.